The topological polar surface area (TPSA) is 93.4 Å². The number of carbonyl (C=O) groups is 3. The van der Waals surface area contributed by atoms with Gasteiger partial charge in [0.05, 0.1) is 30.5 Å². The maximum Gasteiger partial charge on any atom is 0.338 e. The fraction of sp³-hybridized carbons (Fsp3) is 0.278. The van der Waals surface area contributed by atoms with Crippen LogP contribution in [0.4, 0.5) is 5.69 Å². The van der Waals surface area contributed by atoms with Gasteiger partial charge < -0.3 is 14.5 Å². The Labute approximate surface area is 144 Å². The number of nitrogens with zero attached hydrogens (tertiary/aromatic N) is 1. The molecular formula is C18H19N2O5+. The molecule has 3 rings (SSSR count). The average molecular weight is 343 g/mol. The third-order valence-electron chi connectivity index (χ3n) is 4.00. The first kappa shape index (κ1) is 16.9. The van der Waals surface area contributed by atoms with Crippen molar-refractivity contribution in [2.45, 2.75) is 25.9 Å². The van der Waals surface area contributed by atoms with Crippen LogP contribution in [0.1, 0.15) is 29.5 Å². The van der Waals surface area contributed by atoms with Crippen LogP contribution in [0.15, 0.2) is 47.1 Å². The fourth-order valence-corrected chi connectivity index (χ4v) is 2.76. The van der Waals surface area contributed by atoms with Gasteiger partial charge in [-0.25, -0.2) is 9.69 Å². The molecule has 1 aliphatic rings. The van der Waals surface area contributed by atoms with E-state index < -0.39 is 12.0 Å². The van der Waals surface area contributed by atoms with Gasteiger partial charge in [0.2, 0.25) is 5.91 Å². The number of esters is 1. The predicted molar refractivity (Wildman–Crippen MR) is 87.6 cm³/mol. The van der Waals surface area contributed by atoms with Crippen molar-refractivity contribution in [1.29, 1.82) is 0 Å². The summed E-state index contributed by atoms with van der Waals surface area (Å²) in [4.78, 5) is 37.6. The van der Waals surface area contributed by atoms with Crippen molar-refractivity contribution in [2.75, 3.05) is 11.5 Å². The lowest BCUT2D eigenvalue weighted by molar-refractivity contribution is -0.691. The van der Waals surface area contributed by atoms with Gasteiger partial charge in [0, 0.05) is 0 Å². The minimum Gasteiger partial charge on any atom is -0.463 e. The van der Waals surface area contributed by atoms with Crippen LogP contribution < -0.4 is 10.2 Å². The minimum absolute atomic E-state index is 0.138. The molecule has 0 unspecified atom stereocenters. The Kier molecular flexibility index (Phi) is 4.95. The second kappa shape index (κ2) is 7.31. The van der Waals surface area contributed by atoms with Crippen LogP contribution in [0.3, 0.4) is 0 Å². The van der Waals surface area contributed by atoms with E-state index in [9.17, 15) is 14.4 Å². The summed E-state index contributed by atoms with van der Waals surface area (Å²) in [5.74, 6) is -0.203. The quantitative estimate of drug-likeness (QED) is 0.620. The molecule has 2 amide bonds. The Hall–Kier alpha value is -2.93. The molecule has 0 saturated carbocycles. The van der Waals surface area contributed by atoms with Gasteiger partial charge in [-0.1, -0.05) is 0 Å². The molecule has 0 bridgehead atoms. The summed E-state index contributed by atoms with van der Waals surface area (Å²) in [5, 5.41) is 1.80. The minimum atomic E-state index is -0.470. The molecule has 0 radical (unpaired) electrons. The maximum absolute atomic E-state index is 12.5. The number of imide groups is 1. The van der Waals surface area contributed by atoms with Gasteiger partial charge in [0.25, 0.3) is 5.91 Å². The SMILES string of the molecule is CCOC(=O)c1ccc(N2C(=O)C[C@H]([NH2+]Cc3ccco3)C2=O)cc1. The smallest absolute Gasteiger partial charge is 0.338 e. The van der Waals surface area contributed by atoms with Gasteiger partial charge in [0.15, 0.2) is 11.8 Å². The zero-order chi connectivity index (χ0) is 17.8. The van der Waals surface area contributed by atoms with Crippen molar-refractivity contribution >= 4 is 23.5 Å². The van der Waals surface area contributed by atoms with Crippen LogP contribution in [0.5, 0.6) is 0 Å². The third-order valence-corrected chi connectivity index (χ3v) is 4.00. The van der Waals surface area contributed by atoms with Crippen LogP contribution in [0.2, 0.25) is 0 Å². The Morgan fingerprint density at radius 3 is 2.68 bits per heavy atom. The monoisotopic (exact) mass is 343 g/mol. The highest BCUT2D eigenvalue weighted by Gasteiger charge is 2.42. The van der Waals surface area contributed by atoms with Gasteiger partial charge in [-0.05, 0) is 43.3 Å². The van der Waals surface area contributed by atoms with E-state index in [-0.39, 0.29) is 24.8 Å². The largest absolute Gasteiger partial charge is 0.463 e. The van der Waals surface area contributed by atoms with E-state index in [0.29, 0.717) is 17.8 Å². The van der Waals surface area contributed by atoms with E-state index in [1.54, 1.807) is 48.8 Å². The lowest BCUT2D eigenvalue weighted by atomic mass is 10.2. The number of nitrogens with two attached hydrogens (primary N) is 1. The van der Waals surface area contributed by atoms with Crippen LogP contribution in [0, 0.1) is 0 Å². The summed E-state index contributed by atoms with van der Waals surface area (Å²) >= 11 is 0. The molecule has 25 heavy (non-hydrogen) atoms. The molecule has 1 fully saturated rings. The number of ether oxygens (including phenoxy) is 1. The number of hydrogen-bond acceptors (Lipinski definition) is 5. The van der Waals surface area contributed by atoms with E-state index in [0.717, 1.165) is 10.7 Å². The van der Waals surface area contributed by atoms with Gasteiger partial charge in [-0.2, -0.15) is 0 Å². The molecule has 1 aromatic carbocycles. The van der Waals surface area contributed by atoms with E-state index in [1.807, 2.05) is 6.07 Å². The highest BCUT2D eigenvalue weighted by atomic mass is 16.5. The number of hydrogen-bond donors (Lipinski definition) is 1. The maximum atomic E-state index is 12.5. The van der Waals surface area contributed by atoms with Crippen molar-refractivity contribution in [3.8, 4) is 0 Å². The van der Waals surface area contributed by atoms with Gasteiger partial charge in [-0.3, -0.25) is 9.59 Å². The highest BCUT2D eigenvalue weighted by molar-refractivity contribution is 6.21. The van der Waals surface area contributed by atoms with Crippen LogP contribution in [-0.4, -0.2) is 30.4 Å². The molecule has 130 valence electrons. The van der Waals surface area contributed by atoms with Crippen LogP contribution in [0.25, 0.3) is 0 Å². The standard InChI is InChI=1S/C18H18N2O5/c1-2-24-18(23)12-5-7-13(8-6-12)20-16(21)10-15(17(20)22)19-11-14-4-3-9-25-14/h3-9,15,19H,2,10-11H2,1H3/p+1/t15-/m0/s1. The lowest BCUT2D eigenvalue weighted by Crippen LogP contribution is -2.90. The number of furan rings is 1. The van der Waals surface area contributed by atoms with Gasteiger partial charge >= 0.3 is 5.97 Å². The fourth-order valence-electron chi connectivity index (χ4n) is 2.76. The molecular weight excluding hydrogens is 324 g/mol. The number of quaternary nitrogens is 1. The molecule has 7 heteroatoms. The first-order chi connectivity index (χ1) is 12.1. The van der Waals surface area contributed by atoms with Crippen molar-refractivity contribution in [3.05, 3.63) is 54.0 Å². The third kappa shape index (κ3) is 3.61. The summed E-state index contributed by atoms with van der Waals surface area (Å²) < 4.78 is 10.2. The van der Waals surface area contributed by atoms with Gasteiger partial charge in [-0.15, -0.1) is 0 Å². The van der Waals surface area contributed by atoms with Gasteiger partial charge in [0.1, 0.15) is 6.54 Å². The number of anilines is 1. The van der Waals surface area contributed by atoms with E-state index in [4.69, 9.17) is 9.15 Å². The molecule has 1 aliphatic heterocycles. The first-order valence-electron chi connectivity index (χ1n) is 8.10. The molecule has 2 heterocycles. The number of amides is 2. The summed E-state index contributed by atoms with van der Waals surface area (Å²) in [6, 6.07) is 9.39. The van der Waals surface area contributed by atoms with E-state index in [2.05, 4.69) is 0 Å². The Bertz CT molecular complexity index is 767. The Morgan fingerprint density at radius 1 is 1.28 bits per heavy atom. The van der Waals surface area contributed by atoms with E-state index >= 15 is 0 Å². The summed E-state index contributed by atoms with van der Waals surface area (Å²) in [6.45, 7) is 2.51. The highest BCUT2D eigenvalue weighted by Crippen LogP contribution is 2.22. The van der Waals surface area contributed by atoms with Crippen LogP contribution >= 0.6 is 0 Å². The van der Waals surface area contributed by atoms with Crippen molar-refractivity contribution in [2.24, 2.45) is 0 Å². The average Bonchev–Trinajstić information content (AvgIpc) is 3.21. The summed E-state index contributed by atoms with van der Waals surface area (Å²) in [6.07, 6.45) is 1.71. The normalized spacial score (nSPS) is 17.2. The Morgan fingerprint density at radius 2 is 2.04 bits per heavy atom. The second-order valence-corrected chi connectivity index (χ2v) is 5.66. The zero-order valence-electron chi connectivity index (χ0n) is 13.8. The first-order valence-corrected chi connectivity index (χ1v) is 8.10. The second-order valence-electron chi connectivity index (χ2n) is 5.66. The zero-order valence-corrected chi connectivity index (χ0v) is 13.8. The number of carbonyl (C=O) groups excluding carboxylic acids is 3. The summed E-state index contributed by atoms with van der Waals surface area (Å²) in [5.41, 5.74) is 0.836. The molecule has 1 aromatic heterocycles. The van der Waals surface area contributed by atoms with Crippen molar-refractivity contribution in [3.63, 3.8) is 0 Å². The predicted octanol–water partition coefficient (Wildman–Crippen LogP) is 0.852. The van der Waals surface area contributed by atoms with Crippen molar-refractivity contribution < 1.29 is 28.9 Å². The lowest BCUT2D eigenvalue weighted by Gasteiger charge is -2.14. The molecule has 1 saturated heterocycles. The molecule has 2 aromatic rings. The van der Waals surface area contributed by atoms with Crippen molar-refractivity contribution in [1.82, 2.24) is 0 Å². The molecule has 7 nitrogen and oxygen atoms in total. The number of benzene rings is 1. The molecule has 0 spiro atoms. The van der Waals surface area contributed by atoms with Crippen LogP contribution in [-0.2, 0) is 20.9 Å². The molecule has 2 N–H and O–H groups in total. The Balaban J connectivity index is 1.68. The summed E-state index contributed by atoms with van der Waals surface area (Å²) in [7, 11) is 0. The molecule has 1 atom stereocenters. The number of rotatable bonds is 6. The van der Waals surface area contributed by atoms with E-state index in [1.165, 1.54) is 0 Å². The molecule has 0 aliphatic carbocycles.